The van der Waals surface area contributed by atoms with Crippen molar-refractivity contribution in [1.29, 1.82) is 0 Å². The molecule has 5 rings (SSSR count). The zero-order valence-corrected chi connectivity index (χ0v) is 21.3. The van der Waals surface area contributed by atoms with Gasteiger partial charge in [-0.1, -0.05) is 34.1 Å². The van der Waals surface area contributed by atoms with E-state index in [1.165, 1.54) is 25.7 Å². The summed E-state index contributed by atoms with van der Waals surface area (Å²) in [5.74, 6) is 3.14. The molecule has 0 aromatic rings. The quantitative estimate of drug-likeness (QED) is 0.530. The van der Waals surface area contributed by atoms with Crippen LogP contribution in [0.25, 0.3) is 0 Å². The van der Waals surface area contributed by atoms with Crippen molar-refractivity contribution in [2.24, 2.45) is 52.3 Å². The Morgan fingerprint density at radius 2 is 1.70 bits per heavy atom. The van der Waals surface area contributed by atoms with E-state index in [1.54, 1.807) is 0 Å². The number of amides is 1. The molecule has 0 heterocycles. The van der Waals surface area contributed by atoms with Crippen LogP contribution >= 0.6 is 0 Å². The van der Waals surface area contributed by atoms with Crippen LogP contribution in [0, 0.1) is 52.3 Å². The van der Waals surface area contributed by atoms with Gasteiger partial charge < -0.3 is 20.3 Å². The summed E-state index contributed by atoms with van der Waals surface area (Å²) in [7, 11) is 0. The van der Waals surface area contributed by atoms with E-state index in [4.69, 9.17) is 4.74 Å². The fourth-order valence-corrected chi connectivity index (χ4v) is 9.69. The van der Waals surface area contributed by atoms with E-state index < -0.39 is 0 Å². The van der Waals surface area contributed by atoms with Gasteiger partial charge in [0.2, 0.25) is 0 Å². The maximum atomic E-state index is 12.1. The molecule has 0 aliphatic heterocycles. The van der Waals surface area contributed by atoms with Crippen LogP contribution in [0.5, 0.6) is 0 Å². The summed E-state index contributed by atoms with van der Waals surface area (Å²) in [5, 5.41) is 25.2. The van der Waals surface area contributed by atoms with E-state index in [9.17, 15) is 15.0 Å². The minimum absolute atomic E-state index is 0.191. The van der Waals surface area contributed by atoms with Gasteiger partial charge in [0.25, 0.3) is 0 Å². The molecule has 0 saturated heterocycles. The van der Waals surface area contributed by atoms with E-state index in [1.807, 2.05) is 0 Å². The molecule has 5 aliphatic rings. The monoisotopic (exact) mass is 461 g/mol. The van der Waals surface area contributed by atoms with Crippen LogP contribution < -0.4 is 5.32 Å². The minimum Gasteiger partial charge on any atom is -0.449 e. The predicted molar refractivity (Wildman–Crippen MR) is 128 cm³/mol. The highest BCUT2D eigenvalue weighted by Gasteiger charge is 2.64. The molecule has 5 heteroatoms. The molecule has 0 aromatic carbocycles. The van der Waals surface area contributed by atoms with Crippen molar-refractivity contribution in [3.63, 3.8) is 0 Å². The number of hydrogen-bond acceptors (Lipinski definition) is 4. The number of ether oxygens (including phenoxy) is 1. The Morgan fingerprint density at radius 1 is 1.00 bits per heavy atom. The van der Waals surface area contributed by atoms with Crippen molar-refractivity contribution in [3.8, 4) is 0 Å². The van der Waals surface area contributed by atoms with Crippen molar-refractivity contribution in [1.82, 2.24) is 5.32 Å². The third-order valence-corrected chi connectivity index (χ3v) is 11.5. The molecule has 4 unspecified atom stereocenters. The summed E-state index contributed by atoms with van der Waals surface area (Å²) < 4.78 is 5.63. The van der Waals surface area contributed by atoms with Crippen LogP contribution in [0.1, 0.15) is 91.9 Å². The molecule has 0 bridgehead atoms. The topological polar surface area (TPSA) is 78.8 Å². The van der Waals surface area contributed by atoms with E-state index in [0.29, 0.717) is 54.1 Å². The Bertz CT molecular complexity index is 739. The smallest absolute Gasteiger partial charge is 0.407 e. The van der Waals surface area contributed by atoms with Gasteiger partial charge >= 0.3 is 6.09 Å². The Balaban J connectivity index is 1.33. The number of aliphatic hydroxyl groups is 2. The molecule has 5 aliphatic carbocycles. The fourth-order valence-electron chi connectivity index (χ4n) is 9.69. The normalized spacial score (nSPS) is 50.0. The second-order valence-corrected chi connectivity index (χ2v) is 13.1. The Hall–Kier alpha value is -0.810. The number of alkyl carbamates (subject to hydrolysis) is 1. The highest BCUT2D eigenvalue weighted by Crippen LogP contribution is 2.69. The summed E-state index contributed by atoms with van der Waals surface area (Å²) >= 11 is 0. The first kappa shape index (κ1) is 23.9. The van der Waals surface area contributed by atoms with Gasteiger partial charge in [-0.3, -0.25) is 0 Å². The lowest BCUT2D eigenvalue weighted by molar-refractivity contribution is -0.203. The Labute approximate surface area is 200 Å². The molecular weight excluding hydrogens is 414 g/mol. The molecule has 11 atom stereocenters. The van der Waals surface area contributed by atoms with Gasteiger partial charge in [-0.15, -0.1) is 0 Å². The van der Waals surface area contributed by atoms with Crippen molar-refractivity contribution in [3.05, 3.63) is 0 Å². The summed E-state index contributed by atoms with van der Waals surface area (Å²) in [6, 6.07) is 0.335. The highest BCUT2D eigenvalue weighted by molar-refractivity contribution is 5.67. The van der Waals surface area contributed by atoms with Crippen molar-refractivity contribution >= 4 is 6.09 Å². The number of rotatable bonds is 5. The van der Waals surface area contributed by atoms with Crippen LogP contribution in [0.3, 0.4) is 0 Å². The molecule has 1 amide bonds. The maximum Gasteiger partial charge on any atom is 0.407 e. The molecule has 33 heavy (non-hydrogen) atoms. The van der Waals surface area contributed by atoms with E-state index in [-0.39, 0.29) is 29.1 Å². The standard InChI is InChI=1S/C28H47NO4/c1-5-19-23-14-18(30)10-12-28(23,4)22-11-13-27(3)20(8-9-21(27)24(22)25(19)31)16(2)15-33-26(32)29-17-6-7-17/h16-25,30-31H,5-15H2,1-4H3,(H,29,32)/t16-,18-,19-,20-,21+,22+,23?,24?,25-,27?,28?/m1/s1. The van der Waals surface area contributed by atoms with Crippen LogP contribution in [-0.4, -0.2) is 41.2 Å². The third kappa shape index (κ3) is 3.93. The molecule has 5 saturated carbocycles. The predicted octanol–water partition coefficient (Wildman–Crippen LogP) is 5.14. The Kier molecular flexibility index (Phi) is 6.30. The molecular formula is C28H47NO4. The molecule has 0 aromatic heterocycles. The van der Waals surface area contributed by atoms with Gasteiger partial charge in [0, 0.05) is 6.04 Å². The maximum absolute atomic E-state index is 12.1. The average Bonchev–Trinajstić information content (AvgIpc) is 3.52. The fraction of sp³-hybridized carbons (Fsp3) is 0.964. The molecule has 0 spiro atoms. The van der Waals surface area contributed by atoms with E-state index in [2.05, 4.69) is 33.0 Å². The third-order valence-electron chi connectivity index (χ3n) is 11.5. The van der Waals surface area contributed by atoms with E-state index in [0.717, 1.165) is 38.5 Å². The zero-order chi connectivity index (χ0) is 23.5. The van der Waals surface area contributed by atoms with Gasteiger partial charge in [-0.2, -0.15) is 0 Å². The van der Waals surface area contributed by atoms with Gasteiger partial charge in [0.15, 0.2) is 0 Å². The van der Waals surface area contributed by atoms with Gasteiger partial charge in [-0.25, -0.2) is 4.79 Å². The van der Waals surface area contributed by atoms with Crippen molar-refractivity contribution in [2.45, 2.75) is 110 Å². The number of fused-ring (bicyclic) bond motifs is 5. The lowest BCUT2D eigenvalue weighted by Gasteiger charge is -2.64. The number of aliphatic hydroxyl groups excluding tert-OH is 2. The number of carbonyl (C=O) groups excluding carboxylic acids is 1. The molecule has 5 fully saturated rings. The van der Waals surface area contributed by atoms with Crippen molar-refractivity contribution in [2.75, 3.05) is 6.61 Å². The lowest BCUT2D eigenvalue weighted by Crippen LogP contribution is -2.62. The summed E-state index contributed by atoms with van der Waals surface area (Å²) in [4.78, 5) is 12.1. The van der Waals surface area contributed by atoms with Gasteiger partial charge in [0.05, 0.1) is 18.8 Å². The second kappa shape index (κ2) is 8.69. The van der Waals surface area contributed by atoms with Crippen LogP contribution in [0.2, 0.25) is 0 Å². The van der Waals surface area contributed by atoms with Crippen molar-refractivity contribution < 1.29 is 19.7 Å². The van der Waals surface area contributed by atoms with Crippen LogP contribution in [0.15, 0.2) is 0 Å². The largest absolute Gasteiger partial charge is 0.449 e. The minimum atomic E-state index is -0.250. The summed E-state index contributed by atoms with van der Waals surface area (Å²) in [6.07, 6.45) is 10.2. The highest BCUT2D eigenvalue weighted by atomic mass is 16.5. The summed E-state index contributed by atoms with van der Waals surface area (Å²) in [6.45, 7) is 9.98. The summed E-state index contributed by atoms with van der Waals surface area (Å²) in [5.41, 5.74) is 0.465. The first-order chi connectivity index (χ1) is 15.7. The number of carbonyl (C=O) groups is 1. The first-order valence-corrected chi connectivity index (χ1v) is 14.0. The Morgan fingerprint density at radius 3 is 2.39 bits per heavy atom. The molecule has 188 valence electrons. The molecule has 0 radical (unpaired) electrons. The first-order valence-electron chi connectivity index (χ1n) is 14.0. The zero-order valence-electron chi connectivity index (χ0n) is 21.3. The van der Waals surface area contributed by atoms with Crippen LogP contribution in [-0.2, 0) is 4.74 Å². The number of nitrogens with one attached hydrogen (secondary N) is 1. The number of hydrogen-bond donors (Lipinski definition) is 3. The molecule has 3 N–H and O–H groups in total. The second-order valence-electron chi connectivity index (χ2n) is 13.1. The average molecular weight is 462 g/mol. The van der Waals surface area contributed by atoms with Crippen LogP contribution in [0.4, 0.5) is 4.79 Å². The van der Waals surface area contributed by atoms with Gasteiger partial charge in [-0.05, 0) is 110 Å². The van der Waals surface area contributed by atoms with Gasteiger partial charge in [0.1, 0.15) is 0 Å². The lowest BCUT2D eigenvalue weighted by atomic mass is 9.41. The van der Waals surface area contributed by atoms with E-state index >= 15 is 0 Å². The molecule has 5 nitrogen and oxygen atoms in total. The SMILES string of the molecule is CC[C@@H]1C2C[C@H](O)CCC2(C)[C@H]2CCC3(C)[C@@H]([C@H](C)COC(=O)NC4CC4)CC[C@H]3C2[C@@H]1O.